The first-order chi connectivity index (χ1) is 16.3. The highest BCUT2D eigenvalue weighted by atomic mass is 35.5. The number of benzene rings is 2. The second kappa shape index (κ2) is 12.1. The molecule has 2 N–H and O–H groups in total. The molecule has 178 valence electrons. The average molecular weight is 506 g/mol. The van der Waals surface area contributed by atoms with Crippen molar-refractivity contribution in [3.63, 3.8) is 0 Å². The van der Waals surface area contributed by atoms with Gasteiger partial charge in [0, 0.05) is 22.9 Å². The predicted molar refractivity (Wildman–Crippen MR) is 123 cm³/mol. The number of ether oxygens (including phenoxy) is 1. The fourth-order valence-corrected chi connectivity index (χ4v) is 3.56. The van der Waals surface area contributed by atoms with E-state index < -0.39 is 36.9 Å². The number of amides is 1. The predicted octanol–water partition coefficient (Wildman–Crippen LogP) is 2.95. The highest BCUT2D eigenvalue weighted by Crippen LogP contribution is 2.25. The van der Waals surface area contributed by atoms with E-state index in [2.05, 4.69) is 20.7 Å². The Balaban J connectivity index is 1.56. The fourth-order valence-electron chi connectivity index (χ4n) is 3.03. The molecule has 0 aliphatic heterocycles. The molecule has 3 rings (SSSR count). The Morgan fingerprint density at radius 1 is 1.06 bits per heavy atom. The number of carboxylic acids is 1. The summed E-state index contributed by atoms with van der Waals surface area (Å²) < 4.78 is 5.08. The molecule has 0 aliphatic carbocycles. The van der Waals surface area contributed by atoms with Gasteiger partial charge in [0.25, 0.3) is 0 Å². The smallest absolute Gasteiger partial charge is 0.407 e. The number of aliphatic carboxylic acids is 1. The molecule has 1 atom stereocenters. The van der Waals surface area contributed by atoms with Gasteiger partial charge in [0.2, 0.25) is 0 Å². The third-order valence-corrected chi connectivity index (χ3v) is 5.42. The summed E-state index contributed by atoms with van der Waals surface area (Å²) in [5.41, 5.74) is 1.58. The maximum Gasteiger partial charge on any atom is 0.407 e. The summed E-state index contributed by atoms with van der Waals surface area (Å²) in [6.07, 6.45) is -0.843. The van der Waals surface area contributed by atoms with Crippen LogP contribution in [0.2, 0.25) is 10.0 Å². The number of hydrogen-bond acceptors (Lipinski definition) is 7. The first-order valence-electron chi connectivity index (χ1n) is 10.2. The van der Waals surface area contributed by atoms with Crippen molar-refractivity contribution in [2.24, 2.45) is 0 Å². The molecule has 0 saturated heterocycles. The quantitative estimate of drug-likeness (QED) is 0.405. The van der Waals surface area contributed by atoms with Crippen LogP contribution in [-0.4, -0.2) is 55.8 Å². The molecule has 1 heterocycles. The van der Waals surface area contributed by atoms with Crippen LogP contribution in [-0.2, 0) is 33.7 Å². The van der Waals surface area contributed by atoms with E-state index in [0.29, 0.717) is 22.0 Å². The van der Waals surface area contributed by atoms with Crippen molar-refractivity contribution in [1.82, 2.24) is 25.5 Å². The van der Waals surface area contributed by atoms with Gasteiger partial charge >= 0.3 is 12.1 Å². The molecule has 10 nitrogen and oxygen atoms in total. The second-order valence-electron chi connectivity index (χ2n) is 7.25. The van der Waals surface area contributed by atoms with Crippen molar-refractivity contribution in [2.75, 3.05) is 6.61 Å². The minimum absolute atomic E-state index is 0.0719. The van der Waals surface area contributed by atoms with E-state index in [0.717, 1.165) is 10.4 Å². The van der Waals surface area contributed by atoms with E-state index in [1.165, 1.54) is 0 Å². The molecular formula is C22H21Cl2N5O5. The lowest BCUT2D eigenvalue weighted by Crippen LogP contribution is -2.44. The van der Waals surface area contributed by atoms with E-state index in [4.69, 9.17) is 33.0 Å². The van der Waals surface area contributed by atoms with Gasteiger partial charge < -0.3 is 15.2 Å². The molecule has 3 aromatic rings. The Morgan fingerprint density at radius 2 is 1.76 bits per heavy atom. The molecule has 1 unspecified atom stereocenters. The Bertz CT molecular complexity index is 1140. The maximum absolute atomic E-state index is 12.7. The number of carbonyl (C=O) groups is 3. The third-order valence-electron chi connectivity index (χ3n) is 4.71. The van der Waals surface area contributed by atoms with Crippen LogP contribution >= 0.6 is 23.2 Å². The summed E-state index contributed by atoms with van der Waals surface area (Å²) in [5.74, 6) is -1.61. The first-order valence-corrected chi connectivity index (χ1v) is 11.0. The number of aromatic nitrogens is 4. The van der Waals surface area contributed by atoms with Crippen LogP contribution in [0.3, 0.4) is 0 Å². The van der Waals surface area contributed by atoms with Crippen LogP contribution < -0.4 is 5.32 Å². The zero-order chi connectivity index (χ0) is 24.5. The summed E-state index contributed by atoms with van der Waals surface area (Å²) in [7, 11) is 0. The lowest BCUT2D eigenvalue weighted by Gasteiger charge is -2.15. The van der Waals surface area contributed by atoms with E-state index in [1.807, 2.05) is 30.3 Å². The fraction of sp³-hybridized carbons (Fsp3) is 0.273. The topological polar surface area (TPSA) is 136 Å². The van der Waals surface area contributed by atoms with Gasteiger partial charge in [-0.2, -0.15) is 4.80 Å². The summed E-state index contributed by atoms with van der Waals surface area (Å²) in [4.78, 5) is 37.0. The van der Waals surface area contributed by atoms with Gasteiger partial charge in [0.1, 0.15) is 12.6 Å². The minimum Gasteiger partial charge on any atom is -0.481 e. The molecule has 0 spiro atoms. The van der Waals surface area contributed by atoms with E-state index in [-0.39, 0.29) is 18.9 Å². The number of tetrazole rings is 1. The summed E-state index contributed by atoms with van der Waals surface area (Å²) in [6, 6.07) is 13.1. The second-order valence-corrected chi connectivity index (χ2v) is 8.06. The SMILES string of the molecule is O=C(O)CC(NC(=O)OCCc1ccccc1)C(=O)Cn1nnc(Cc2c(Cl)cccc2Cl)n1. The molecule has 0 radical (unpaired) electrons. The highest BCUT2D eigenvalue weighted by Gasteiger charge is 2.25. The van der Waals surface area contributed by atoms with Crippen molar-refractivity contribution in [3.8, 4) is 0 Å². The van der Waals surface area contributed by atoms with Crippen molar-refractivity contribution in [2.45, 2.75) is 31.8 Å². The molecule has 2 aromatic carbocycles. The summed E-state index contributed by atoms with van der Waals surface area (Å²) in [6.45, 7) is -0.325. The van der Waals surface area contributed by atoms with Gasteiger partial charge in [-0.3, -0.25) is 9.59 Å². The lowest BCUT2D eigenvalue weighted by atomic mass is 10.1. The van der Waals surface area contributed by atoms with Gasteiger partial charge in [-0.1, -0.05) is 59.6 Å². The van der Waals surface area contributed by atoms with Gasteiger partial charge in [0.15, 0.2) is 11.6 Å². The number of halogens is 2. The highest BCUT2D eigenvalue weighted by molar-refractivity contribution is 6.36. The molecule has 0 saturated carbocycles. The van der Waals surface area contributed by atoms with Crippen molar-refractivity contribution in [3.05, 3.63) is 75.5 Å². The van der Waals surface area contributed by atoms with E-state index in [1.54, 1.807) is 18.2 Å². The van der Waals surface area contributed by atoms with Crippen LogP contribution in [0.5, 0.6) is 0 Å². The largest absolute Gasteiger partial charge is 0.481 e. The molecule has 1 aromatic heterocycles. The number of alkyl carbamates (subject to hydrolysis) is 1. The average Bonchev–Trinajstić information content (AvgIpc) is 3.23. The number of nitrogens with one attached hydrogen (secondary N) is 1. The molecule has 34 heavy (non-hydrogen) atoms. The molecule has 0 aliphatic rings. The summed E-state index contributed by atoms with van der Waals surface area (Å²) >= 11 is 12.3. The Hall–Kier alpha value is -3.50. The number of Topliss-reactive ketones (excluding diaryl/α,β-unsaturated/α-hetero) is 1. The van der Waals surface area contributed by atoms with Crippen LogP contribution in [0, 0.1) is 0 Å². The lowest BCUT2D eigenvalue weighted by molar-refractivity contribution is -0.139. The van der Waals surface area contributed by atoms with Gasteiger partial charge in [-0.25, -0.2) is 4.79 Å². The number of carboxylic acid groups (broad SMARTS) is 1. The Kier molecular flexibility index (Phi) is 8.94. The first kappa shape index (κ1) is 25.1. The molecule has 1 amide bonds. The number of nitrogens with zero attached hydrogens (tertiary/aromatic N) is 4. The Labute approximate surface area is 204 Å². The normalized spacial score (nSPS) is 11.6. The molecule has 0 fully saturated rings. The number of rotatable bonds is 11. The number of hydrogen-bond donors (Lipinski definition) is 2. The van der Waals surface area contributed by atoms with Crippen LogP contribution in [0.25, 0.3) is 0 Å². The van der Waals surface area contributed by atoms with Crippen molar-refractivity contribution < 1.29 is 24.2 Å². The number of carbonyl (C=O) groups excluding carboxylic acids is 2. The number of ketones is 1. The van der Waals surface area contributed by atoms with E-state index in [9.17, 15) is 14.4 Å². The van der Waals surface area contributed by atoms with Crippen molar-refractivity contribution >= 4 is 41.0 Å². The van der Waals surface area contributed by atoms with Crippen LogP contribution in [0.1, 0.15) is 23.4 Å². The molecule has 12 heteroatoms. The maximum atomic E-state index is 12.7. The molecular weight excluding hydrogens is 485 g/mol. The zero-order valence-electron chi connectivity index (χ0n) is 17.9. The standard InChI is InChI=1S/C22H21Cl2N5O5/c23-16-7-4-8-17(24)15(16)11-20-26-28-29(27-20)13-19(30)18(12-21(31)32)25-22(33)34-10-9-14-5-2-1-3-6-14/h1-8,18H,9-13H2,(H,25,33)(H,31,32). The third kappa shape index (κ3) is 7.53. The Morgan fingerprint density at radius 3 is 2.44 bits per heavy atom. The van der Waals surface area contributed by atoms with Gasteiger partial charge in [0.05, 0.1) is 13.0 Å². The van der Waals surface area contributed by atoms with Crippen LogP contribution in [0.4, 0.5) is 4.79 Å². The van der Waals surface area contributed by atoms with Crippen LogP contribution in [0.15, 0.2) is 48.5 Å². The minimum atomic E-state index is -1.32. The van der Waals surface area contributed by atoms with Gasteiger partial charge in [-0.15, -0.1) is 10.2 Å². The van der Waals surface area contributed by atoms with Gasteiger partial charge in [-0.05, 0) is 28.5 Å². The molecule has 0 bridgehead atoms. The van der Waals surface area contributed by atoms with E-state index >= 15 is 0 Å². The summed E-state index contributed by atoms with van der Waals surface area (Å²) in [5, 5.41) is 24.1. The monoisotopic (exact) mass is 505 g/mol. The van der Waals surface area contributed by atoms with Crippen molar-refractivity contribution in [1.29, 1.82) is 0 Å². The zero-order valence-corrected chi connectivity index (χ0v) is 19.4.